The molecule has 39 heavy (non-hydrogen) atoms. The Bertz CT molecular complexity index is 1290. The van der Waals surface area contributed by atoms with Crippen molar-refractivity contribution in [2.75, 3.05) is 44.6 Å². The minimum Gasteiger partial charge on any atom is -0.363 e. The van der Waals surface area contributed by atoms with E-state index in [1.165, 1.54) is 30.5 Å². The van der Waals surface area contributed by atoms with Crippen LogP contribution in [-0.2, 0) is 18.4 Å². The molecule has 4 heterocycles. The molecular weight excluding hydrogens is 491 g/mol. The summed E-state index contributed by atoms with van der Waals surface area (Å²) >= 11 is 0. The van der Waals surface area contributed by atoms with Crippen LogP contribution < -0.4 is 5.32 Å². The number of aromatic nitrogens is 3. The number of piperidine rings is 1. The first-order valence-electron chi connectivity index (χ1n) is 14.8. The van der Waals surface area contributed by atoms with E-state index in [2.05, 4.69) is 49.5 Å². The van der Waals surface area contributed by atoms with Gasteiger partial charge in [-0.25, -0.2) is 9.37 Å². The third-order valence-corrected chi connectivity index (χ3v) is 9.09. The van der Waals surface area contributed by atoms with Crippen molar-refractivity contribution in [1.29, 1.82) is 0 Å². The van der Waals surface area contributed by atoms with E-state index in [0.717, 1.165) is 74.0 Å². The van der Waals surface area contributed by atoms with Crippen LogP contribution >= 0.6 is 0 Å². The topological polar surface area (TPSA) is 66.3 Å². The Kier molecular flexibility index (Phi) is 7.93. The molecule has 2 aliphatic heterocycles. The maximum atomic E-state index is 13.1. The number of hydrogen-bond donors (Lipinski definition) is 1. The molecule has 2 saturated heterocycles. The van der Waals surface area contributed by atoms with Crippen molar-refractivity contribution < 1.29 is 9.18 Å². The molecule has 1 aliphatic carbocycles. The maximum absolute atomic E-state index is 13.1. The van der Waals surface area contributed by atoms with Gasteiger partial charge in [0, 0.05) is 56.3 Å². The number of fused-ring (bicyclic) bond motifs is 1. The molecule has 1 N–H and O–H groups in total. The fourth-order valence-corrected chi connectivity index (χ4v) is 6.64. The number of nitrogens with zero attached hydrogens (tertiary/aromatic N) is 5. The Labute approximate surface area is 230 Å². The molecule has 1 saturated carbocycles. The molecule has 0 unspecified atom stereocenters. The molecule has 8 heteroatoms. The predicted molar refractivity (Wildman–Crippen MR) is 153 cm³/mol. The Balaban J connectivity index is 1.07. The highest BCUT2D eigenvalue weighted by atomic mass is 19.1. The zero-order valence-corrected chi connectivity index (χ0v) is 23.1. The smallest absolute Gasteiger partial charge is 0.154 e. The highest BCUT2D eigenvalue weighted by Crippen LogP contribution is 2.32. The van der Waals surface area contributed by atoms with E-state index >= 15 is 0 Å². The third-order valence-electron chi connectivity index (χ3n) is 9.09. The van der Waals surface area contributed by atoms with Crippen molar-refractivity contribution in [3.63, 3.8) is 0 Å². The van der Waals surface area contributed by atoms with Gasteiger partial charge < -0.3 is 5.32 Å². The lowest BCUT2D eigenvalue weighted by Crippen LogP contribution is -2.50. The van der Waals surface area contributed by atoms with Crippen molar-refractivity contribution in [3.05, 3.63) is 42.4 Å². The van der Waals surface area contributed by atoms with Crippen LogP contribution in [0, 0.1) is 11.8 Å². The van der Waals surface area contributed by atoms with Crippen molar-refractivity contribution in [1.82, 2.24) is 24.6 Å². The number of rotatable bonds is 9. The lowest BCUT2D eigenvalue weighted by molar-refractivity contribution is -0.122. The summed E-state index contributed by atoms with van der Waals surface area (Å²) in [5.41, 5.74) is 3.59. The van der Waals surface area contributed by atoms with Crippen LogP contribution in [0.25, 0.3) is 21.9 Å². The van der Waals surface area contributed by atoms with Crippen molar-refractivity contribution >= 4 is 22.4 Å². The maximum Gasteiger partial charge on any atom is 0.154 e. The Morgan fingerprint density at radius 1 is 1.00 bits per heavy atom. The third kappa shape index (κ3) is 6.17. The van der Waals surface area contributed by atoms with Crippen LogP contribution in [0.3, 0.4) is 0 Å². The Hall–Kier alpha value is -2.84. The van der Waals surface area contributed by atoms with Gasteiger partial charge in [-0.2, -0.15) is 5.10 Å². The van der Waals surface area contributed by atoms with Crippen LogP contribution in [0.1, 0.15) is 50.6 Å². The highest BCUT2D eigenvalue weighted by molar-refractivity contribution is 5.90. The molecule has 1 aromatic carbocycles. The van der Waals surface area contributed by atoms with Gasteiger partial charge >= 0.3 is 0 Å². The zero-order chi connectivity index (χ0) is 26.8. The van der Waals surface area contributed by atoms with Gasteiger partial charge in [0.25, 0.3) is 0 Å². The highest BCUT2D eigenvalue weighted by Gasteiger charge is 2.31. The van der Waals surface area contributed by atoms with E-state index in [1.807, 2.05) is 24.1 Å². The summed E-state index contributed by atoms with van der Waals surface area (Å²) in [5, 5.41) is 10.1. The molecule has 2 aromatic heterocycles. The Morgan fingerprint density at radius 3 is 2.56 bits per heavy atom. The van der Waals surface area contributed by atoms with Crippen LogP contribution in [0.4, 0.5) is 10.2 Å². The molecule has 0 amide bonds. The average molecular weight is 533 g/mol. The number of likely N-dealkylation sites (tertiary alicyclic amines) is 2. The summed E-state index contributed by atoms with van der Waals surface area (Å²) < 4.78 is 15.1. The van der Waals surface area contributed by atoms with Gasteiger partial charge in [0.15, 0.2) is 5.78 Å². The number of benzene rings is 1. The standard InChI is InChI=1S/C31H41FN6O/c1-36-29(21-37-11-3-2-4-12-37)28(16-35-36)24-9-10-25-15-33-31(14-26(25)13-24)34-17-30(39)23-7-5-22(6-8-23)18-38-19-27(32)20-38/h9-10,13-16,22-23,27H,2-8,11-12,17-21H2,1H3,(H,33,34). The van der Waals surface area contributed by atoms with Gasteiger partial charge in [0.05, 0.1) is 18.4 Å². The van der Waals surface area contributed by atoms with Gasteiger partial charge in [0.1, 0.15) is 12.0 Å². The number of Topliss-reactive ketones (excluding diaryl/α,β-unsaturated/α-hetero) is 1. The summed E-state index contributed by atoms with van der Waals surface area (Å²) in [6, 6.07) is 8.54. The summed E-state index contributed by atoms with van der Waals surface area (Å²) in [6.45, 7) is 5.71. The van der Waals surface area contributed by atoms with Crippen molar-refractivity contribution in [2.24, 2.45) is 18.9 Å². The van der Waals surface area contributed by atoms with E-state index in [0.29, 0.717) is 25.6 Å². The van der Waals surface area contributed by atoms with Crippen LogP contribution in [-0.4, -0.2) is 75.8 Å². The first-order chi connectivity index (χ1) is 19.0. The zero-order valence-electron chi connectivity index (χ0n) is 23.1. The van der Waals surface area contributed by atoms with Crippen LogP contribution in [0.5, 0.6) is 0 Å². The Morgan fingerprint density at radius 2 is 1.79 bits per heavy atom. The number of alkyl halides is 1. The summed E-state index contributed by atoms with van der Waals surface area (Å²) in [7, 11) is 2.03. The van der Waals surface area contributed by atoms with Crippen molar-refractivity contribution in [2.45, 2.75) is 57.7 Å². The monoisotopic (exact) mass is 532 g/mol. The van der Waals surface area contributed by atoms with Crippen LogP contribution in [0.2, 0.25) is 0 Å². The minimum absolute atomic E-state index is 0.120. The summed E-state index contributed by atoms with van der Waals surface area (Å²) in [6.07, 6.45) is 11.1. The molecule has 0 bridgehead atoms. The normalized spacial score (nSPS) is 23.1. The van der Waals surface area contributed by atoms with Crippen LogP contribution in [0.15, 0.2) is 36.7 Å². The van der Waals surface area contributed by atoms with Gasteiger partial charge in [-0.15, -0.1) is 0 Å². The second-order valence-electron chi connectivity index (χ2n) is 12.0. The van der Waals surface area contributed by atoms with Gasteiger partial charge in [0.2, 0.25) is 0 Å². The molecular formula is C31H41FN6O. The van der Waals surface area contributed by atoms with E-state index < -0.39 is 6.17 Å². The minimum atomic E-state index is -0.637. The second kappa shape index (κ2) is 11.7. The molecule has 0 radical (unpaired) electrons. The first-order valence-corrected chi connectivity index (χ1v) is 14.8. The SMILES string of the molecule is Cn1ncc(-c2ccc3cnc(NCC(=O)C4CCC(CN5CC(F)C5)CC4)cc3c2)c1CN1CCCCC1. The number of pyridine rings is 1. The molecule has 3 aromatic rings. The summed E-state index contributed by atoms with van der Waals surface area (Å²) in [5.74, 6) is 1.73. The lowest BCUT2D eigenvalue weighted by Gasteiger charge is -2.38. The molecule has 3 fully saturated rings. The molecule has 0 atom stereocenters. The van der Waals surface area contributed by atoms with Gasteiger partial charge in [-0.3, -0.25) is 19.3 Å². The fourth-order valence-electron chi connectivity index (χ4n) is 6.64. The van der Waals surface area contributed by atoms with E-state index in [9.17, 15) is 9.18 Å². The lowest BCUT2D eigenvalue weighted by atomic mass is 9.79. The molecule has 0 spiro atoms. The molecule has 3 aliphatic rings. The van der Waals surface area contributed by atoms with E-state index in [4.69, 9.17) is 0 Å². The number of carbonyl (C=O) groups excluding carboxylic acids is 1. The predicted octanol–water partition coefficient (Wildman–Crippen LogP) is 5.06. The number of anilines is 1. The second-order valence-corrected chi connectivity index (χ2v) is 12.0. The molecule has 7 nitrogen and oxygen atoms in total. The number of hydrogen-bond acceptors (Lipinski definition) is 6. The van der Waals surface area contributed by atoms with E-state index in [1.54, 1.807) is 0 Å². The largest absolute Gasteiger partial charge is 0.363 e. The molecule has 208 valence electrons. The quantitative estimate of drug-likeness (QED) is 0.416. The van der Waals surface area contributed by atoms with Gasteiger partial charge in [-0.05, 0) is 80.6 Å². The first kappa shape index (κ1) is 26.4. The number of halogens is 1. The average Bonchev–Trinajstić information content (AvgIpc) is 3.31. The van der Waals surface area contributed by atoms with Gasteiger partial charge in [-0.1, -0.05) is 18.6 Å². The number of nitrogens with one attached hydrogen (secondary N) is 1. The number of carbonyl (C=O) groups is 1. The van der Waals surface area contributed by atoms with E-state index in [-0.39, 0.29) is 11.7 Å². The number of ketones is 1. The fraction of sp³-hybridized carbons (Fsp3) is 0.581. The van der Waals surface area contributed by atoms with Crippen molar-refractivity contribution in [3.8, 4) is 11.1 Å². The summed E-state index contributed by atoms with van der Waals surface area (Å²) in [4.78, 5) is 22.3. The molecule has 6 rings (SSSR count). The number of aryl methyl sites for hydroxylation is 1.